The summed E-state index contributed by atoms with van der Waals surface area (Å²) in [7, 11) is 0. The van der Waals surface area contributed by atoms with Crippen LogP contribution in [0.5, 0.6) is 5.75 Å². The van der Waals surface area contributed by atoms with Gasteiger partial charge in [0.25, 0.3) is 5.91 Å². The molecule has 1 fully saturated rings. The van der Waals surface area contributed by atoms with E-state index in [-0.39, 0.29) is 24.3 Å². The lowest BCUT2D eigenvalue weighted by Gasteiger charge is -2.29. The highest BCUT2D eigenvalue weighted by Gasteiger charge is 2.35. The Balaban J connectivity index is 1.38. The number of nitrogens with zero attached hydrogens (tertiary/aromatic N) is 4. The molecule has 0 unspecified atom stereocenters. The van der Waals surface area contributed by atoms with Crippen molar-refractivity contribution in [1.82, 2.24) is 10.1 Å². The Morgan fingerprint density at radius 2 is 1.91 bits per heavy atom. The molecule has 0 spiro atoms. The second kappa shape index (κ2) is 8.11. The molecule has 8 nitrogen and oxygen atoms in total. The van der Waals surface area contributed by atoms with Crippen molar-refractivity contribution in [3.05, 3.63) is 53.9 Å². The summed E-state index contributed by atoms with van der Waals surface area (Å²) < 4.78 is 11.1. The molecule has 2 aromatic carbocycles. The molecule has 0 saturated carbocycles. The van der Waals surface area contributed by atoms with Gasteiger partial charge in [-0.25, -0.2) is 0 Å². The number of carbonyl (C=O) groups is 2. The van der Waals surface area contributed by atoms with Crippen LogP contribution in [0.1, 0.15) is 37.1 Å². The van der Waals surface area contributed by atoms with Crippen LogP contribution in [0.15, 0.2) is 47.0 Å². The van der Waals surface area contributed by atoms with Gasteiger partial charge in [-0.15, -0.1) is 0 Å². The van der Waals surface area contributed by atoms with Crippen molar-refractivity contribution >= 4 is 23.2 Å². The number of hydrogen-bond acceptors (Lipinski definition) is 6. The van der Waals surface area contributed by atoms with E-state index in [0.29, 0.717) is 42.7 Å². The molecule has 0 N–H and O–H groups in total. The van der Waals surface area contributed by atoms with Gasteiger partial charge in [0.1, 0.15) is 5.75 Å². The Bertz CT molecular complexity index is 1170. The average molecular weight is 432 g/mol. The number of aromatic nitrogens is 2. The second-order valence-electron chi connectivity index (χ2n) is 8.21. The van der Waals surface area contributed by atoms with Gasteiger partial charge in [0, 0.05) is 30.8 Å². The highest BCUT2D eigenvalue weighted by atomic mass is 16.5. The summed E-state index contributed by atoms with van der Waals surface area (Å²) in [6.45, 7) is 5.21. The van der Waals surface area contributed by atoms with E-state index < -0.39 is 0 Å². The highest BCUT2D eigenvalue weighted by Crippen LogP contribution is 2.37. The van der Waals surface area contributed by atoms with E-state index >= 15 is 0 Å². The molecule has 8 heteroatoms. The van der Waals surface area contributed by atoms with E-state index in [4.69, 9.17) is 9.26 Å². The molecule has 3 aromatic rings. The fourth-order valence-corrected chi connectivity index (χ4v) is 4.18. The van der Waals surface area contributed by atoms with Crippen molar-refractivity contribution in [2.75, 3.05) is 29.5 Å². The lowest BCUT2D eigenvalue weighted by Crippen LogP contribution is -2.39. The maximum atomic E-state index is 12.6. The molecule has 2 amide bonds. The highest BCUT2D eigenvalue weighted by molar-refractivity contribution is 5.98. The zero-order chi connectivity index (χ0) is 22.2. The van der Waals surface area contributed by atoms with E-state index in [0.717, 1.165) is 23.2 Å². The third-order valence-electron chi connectivity index (χ3n) is 5.87. The van der Waals surface area contributed by atoms with Crippen molar-refractivity contribution in [2.24, 2.45) is 0 Å². The van der Waals surface area contributed by atoms with Crippen LogP contribution in [-0.4, -0.2) is 41.7 Å². The normalized spacial score (nSPS) is 18.1. The van der Waals surface area contributed by atoms with Crippen molar-refractivity contribution in [3.8, 4) is 17.1 Å². The molecule has 0 aliphatic carbocycles. The summed E-state index contributed by atoms with van der Waals surface area (Å²) >= 11 is 0. The van der Waals surface area contributed by atoms with E-state index in [1.807, 2.05) is 56.3 Å². The van der Waals surface area contributed by atoms with Crippen LogP contribution in [0, 0.1) is 6.92 Å². The Hall–Kier alpha value is -3.68. The number of anilines is 2. The summed E-state index contributed by atoms with van der Waals surface area (Å²) in [5.41, 5.74) is 3.47. The number of rotatable bonds is 5. The van der Waals surface area contributed by atoms with Crippen LogP contribution in [0.2, 0.25) is 0 Å². The van der Waals surface area contributed by atoms with Gasteiger partial charge in [-0.1, -0.05) is 29.8 Å². The fraction of sp³-hybridized carbons (Fsp3) is 0.333. The minimum absolute atomic E-state index is 0.0400. The Morgan fingerprint density at radius 1 is 1.09 bits per heavy atom. The van der Waals surface area contributed by atoms with E-state index in [1.54, 1.807) is 9.80 Å². The molecule has 1 aromatic heterocycles. The zero-order valence-electron chi connectivity index (χ0n) is 18.1. The Morgan fingerprint density at radius 3 is 2.69 bits per heavy atom. The van der Waals surface area contributed by atoms with Crippen LogP contribution in [0.3, 0.4) is 0 Å². The van der Waals surface area contributed by atoms with E-state index in [9.17, 15) is 9.59 Å². The third kappa shape index (κ3) is 3.62. The summed E-state index contributed by atoms with van der Waals surface area (Å²) in [4.78, 5) is 33.0. The maximum Gasteiger partial charge on any atom is 0.265 e. The Labute approximate surface area is 185 Å². The molecular weight excluding hydrogens is 408 g/mol. The first kappa shape index (κ1) is 20.2. The molecule has 164 valence electrons. The SMILES string of the molecule is CCCN1C(=O)COc2ccc(-c3noc([C@H]4CC(=O)N(c5ccc(C)cc5)C4)n3)cc21. The van der Waals surface area contributed by atoms with E-state index in [1.165, 1.54) is 0 Å². The molecule has 2 aliphatic rings. The molecule has 1 atom stereocenters. The maximum absolute atomic E-state index is 12.6. The second-order valence-corrected chi connectivity index (χ2v) is 8.21. The lowest BCUT2D eigenvalue weighted by atomic mass is 10.1. The van der Waals surface area contributed by atoms with Gasteiger partial charge >= 0.3 is 0 Å². The molecule has 2 aliphatic heterocycles. The van der Waals surface area contributed by atoms with Gasteiger partial charge < -0.3 is 19.1 Å². The smallest absolute Gasteiger partial charge is 0.265 e. The van der Waals surface area contributed by atoms with Gasteiger partial charge in [-0.2, -0.15) is 4.98 Å². The standard InChI is InChI=1S/C24H24N4O4/c1-3-10-27-19-11-16(6-9-20(19)31-14-22(27)30)23-25-24(32-26-23)17-12-21(29)28(13-17)18-7-4-15(2)5-8-18/h4-9,11,17H,3,10,12-14H2,1-2H3/t17-/m0/s1. The number of fused-ring (bicyclic) bond motifs is 1. The molecular formula is C24H24N4O4. The largest absolute Gasteiger partial charge is 0.482 e. The molecule has 5 rings (SSSR count). The topological polar surface area (TPSA) is 88.8 Å². The number of benzene rings is 2. The molecule has 32 heavy (non-hydrogen) atoms. The van der Waals surface area contributed by atoms with Crippen LogP contribution >= 0.6 is 0 Å². The van der Waals surface area contributed by atoms with Gasteiger partial charge in [0.15, 0.2) is 6.61 Å². The first-order chi connectivity index (χ1) is 15.5. The predicted octanol–water partition coefficient (Wildman–Crippen LogP) is 3.70. The summed E-state index contributed by atoms with van der Waals surface area (Å²) in [6.07, 6.45) is 1.17. The molecule has 0 bridgehead atoms. The van der Waals surface area contributed by atoms with Crippen molar-refractivity contribution in [2.45, 2.75) is 32.6 Å². The lowest BCUT2D eigenvalue weighted by molar-refractivity contribution is -0.121. The molecule has 1 saturated heterocycles. The van der Waals surface area contributed by atoms with E-state index in [2.05, 4.69) is 10.1 Å². The summed E-state index contributed by atoms with van der Waals surface area (Å²) in [6, 6.07) is 13.4. The first-order valence-electron chi connectivity index (χ1n) is 10.8. The summed E-state index contributed by atoms with van der Waals surface area (Å²) in [5, 5.41) is 4.14. The minimum atomic E-state index is -0.163. The summed E-state index contributed by atoms with van der Waals surface area (Å²) in [5.74, 6) is 1.35. The monoisotopic (exact) mass is 432 g/mol. The number of hydrogen-bond donors (Lipinski definition) is 0. The average Bonchev–Trinajstić information content (AvgIpc) is 3.43. The first-order valence-corrected chi connectivity index (χ1v) is 10.8. The fourth-order valence-electron chi connectivity index (χ4n) is 4.18. The number of amides is 2. The number of aryl methyl sites for hydroxylation is 1. The quantitative estimate of drug-likeness (QED) is 0.611. The Kier molecular flexibility index (Phi) is 5.13. The van der Waals surface area contributed by atoms with Crippen LogP contribution in [-0.2, 0) is 9.59 Å². The van der Waals surface area contributed by atoms with Crippen molar-refractivity contribution in [3.63, 3.8) is 0 Å². The van der Waals surface area contributed by atoms with Crippen molar-refractivity contribution in [1.29, 1.82) is 0 Å². The van der Waals surface area contributed by atoms with Gasteiger partial charge in [-0.3, -0.25) is 9.59 Å². The third-order valence-corrected chi connectivity index (χ3v) is 5.87. The van der Waals surface area contributed by atoms with Gasteiger partial charge in [0.2, 0.25) is 17.6 Å². The van der Waals surface area contributed by atoms with Crippen LogP contribution in [0.25, 0.3) is 11.4 Å². The molecule has 3 heterocycles. The van der Waals surface area contributed by atoms with Crippen LogP contribution < -0.4 is 14.5 Å². The predicted molar refractivity (Wildman–Crippen MR) is 119 cm³/mol. The van der Waals surface area contributed by atoms with Crippen LogP contribution in [0.4, 0.5) is 11.4 Å². The molecule has 0 radical (unpaired) electrons. The van der Waals surface area contributed by atoms with Crippen molar-refractivity contribution < 1.29 is 18.8 Å². The number of ether oxygens (including phenoxy) is 1. The van der Waals surface area contributed by atoms with Gasteiger partial charge in [0.05, 0.1) is 11.6 Å². The minimum Gasteiger partial charge on any atom is -0.482 e. The zero-order valence-corrected chi connectivity index (χ0v) is 18.1. The number of carbonyl (C=O) groups excluding carboxylic acids is 2. The van der Waals surface area contributed by atoms with Gasteiger partial charge in [-0.05, 0) is 43.7 Å².